The zero-order chi connectivity index (χ0) is 17.5. The van der Waals surface area contributed by atoms with E-state index in [4.69, 9.17) is 17.3 Å². The molecule has 1 saturated heterocycles. The molecule has 1 aliphatic heterocycles. The molecule has 0 bridgehead atoms. The highest BCUT2D eigenvalue weighted by molar-refractivity contribution is 6.76. The number of anilines is 2. The maximum atomic E-state index is 6.02. The normalized spacial score (nSPS) is 18.0. The smallest absolute Gasteiger partial charge is 0.0528 e. The summed E-state index contributed by atoms with van der Waals surface area (Å²) in [5.41, 5.74) is 7.64. The summed E-state index contributed by atoms with van der Waals surface area (Å²) in [5, 5.41) is 0.303. The summed E-state index contributed by atoms with van der Waals surface area (Å²) in [6.07, 6.45) is 2.45. The van der Waals surface area contributed by atoms with Gasteiger partial charge in [0, 0.05) is 32.5 Å². The molecule has 1 aliphatic rings. The molecule has 23 heavy (non-hydrogen) atoms. The van der Waals surface area contributed by atoms with E-state index in [1.165, 1.54) is 24.7 Å². The van der Waals surface area contributed by atoms with E-state index in [9.17, 15) is 0 Å². The van der Waals surface area contributed by atoms with Crippen molar-refractivity contribution >= 4 is 31.0 Å². The van der Waals surface area contributed by atoms with Crippen molar-refractivity contribution in [3.63, 3.8) is 0 Å². The Morgan fingerprint density at radius 3 is 2.26 bits per heavy atom. The molecule has 1 unspecified atom stereocenters. The van der Waals surface area contributed by atoms with Crippen molar-refractivity contribution in [3.8, 4) is 0 Å². The third-order valence-corrected chi connectivity index (χ3v) is 6.13. The van der Waals surface area contributed by atoms with Crippen LogP contribution in [0.5, 0.6) is 0 Å². The van der Waals surface area contributed by atoms with Crippen LogP contribution in [0.1, 0.15) is 12.8 Å². The quantitative estimate of drug-likeness (QED) is 0.483. The molecule has 2 N–H and O–H groups in total. The second kappa shape index (κ2) is 9.55. The molecule has 0 aromatic heterocycles. The Kier molecular flexibility index (Phi) is 8.44. The summed E-state index contributed by atoms with van der Waals surface area (Å²) in [4.78, 5) is 4.55. The highest BCUT2D eigenvalue weighted by Gasteiger charge is 2.20. The predicted molar refractivity (Wildman–Crippen MR) is 109 cm³/mol. The largest absolute Gasteiger partial charge is 0.399 e. The number of hydrogen-bond donors (Lipinski definition) is 1. The fourth-order valence-corrected chi connectivity index (χ4v) is 4.05. The highest BCUT2D eigenvalue weighted by atomic mass is 35.5. The maximum absolute atomic E-state index is 6.02. The summed E-state index contributed by atoms with van der Waals surface area (Å²) in [6, 6.07) is 9.41. The zero-order valence-electron chi connectivity index (χ0n) is 15.5. The molecule has 132 valence electrons. The molecule has 1 atom stereocenters. The number of halogens is 1. The molecule has 3 nitrogen and oxygen atoms in total. The van der Waals surface area contributed by atoms with Gasteiger partial charge in [-0.2, -0.15) is 0 Å². The molecule has 5 heteroatoms. The molecule has 1 heterocycles. The Morgan fingerprint density at radius 1 is 1.22 bits per heavy atom. The van der Waals surface area contributed by atoms with Crippen molar-refractivity contribution in [2.45, 2.75) is 43.9 Å². The Morgan fingerprint density at radius 2 is 1.83 bits per heavy atom. The average molecular weight is 356 g/mol. The van der Waals surface area contributed by atoms with Crippen molar-refractivity contribution in [3.05, 3.63) is 24.3 Å². The van der Waals surface area contributed by atoms with Gasteiger partial charge in [0.1, 0.15) is 0 Å². The van der Waals surface area contributed by atoms with Crippen molar-refractivity contribution in [2.24, 2.45) is 0 Å². The van der Waals surface area contributed by atoms with Gasteiger partial charge in [-0.1, -0.05) is 25.7 Å². The van der Waals surface area contributed by atoms with Gasteiger partial charge in [-0.15, -0.1) is 11.6 Å². The van der Waals surface area contributed by atoms with Gasteiger partial charge in [0.25, 0.3) is 0 Å². The summed E-state index contributed by atoms with van der Waals surface area (Å²) in [5.74, 6) is 0. The standard InChI is InChI=1S/C10H13ClN2.C8H21NSi/c11-8-5-6-13(7-8)10-3-1-9(12)2-4-10;1-9(2)7-6-8-10(3,4)5/h1-4,8H,5-7,12H2;6-8H2,1-5H3. The Bertz CT molecular complexity index is 443. The van der Waals surface area contributed by atoms with Gasteiger partial charge < -0.3 is 15.5 Å². The van der Waals surface area contributed by atoms with Gasteiger partial charge in [0.05, 0.1) is 5.38 Å². The summed E-state index contributed by atoms with van der Waals surface area (Å²) in [7, 11) is 3.54. The van der Waals surface area contributed by atoms with E-state index < -0.39 is 8.07 Å². The number of nitrogens with two attached hydrogens (primary N) is 1. The van der Waals surface area contributed by atoms with Crippen LogP contribution in [0.2, 0.25) is 25.7 Å². The second-order valence-electron chi connectivity index (χ2n) is 7.89. The Labute approximate surface area is 148 Å². The number of benzene rings is 1. The molecule has 0 radical (unpaired) electrons. The summed E-state index contributed by atoms with van der Waals surface area (Å²) >= 11 is 6.02. The van der Waals surface area contributed by atoms with Gasteiger partial charge in [-0.3, -0.25) is 0 Å². The lowest BCUT2D eigenvalue weighted by molar-refractivity contribution is 0.407. The first kappa shape index (κ1) is 20.3. The van der Waals surface area contributed by atoms with E-state index in [0.717, 1.165) is 25.2 Å². The van der Waals surface area contributed by atoms with Crippen molar-refractivity contribution < 1.29 is 0 Å². The van der Waals surface area contributed by atoms with Crippen molar-refractivity contribution in [2.75, 3.05) is 44.4 Å². The molecular formula is C18H34ClN3Si. The number of hydrogen-bond acceptors (Lipinski definition) is 3. The molecule has 1 aromatic carbocycles. The monoisotopic (exact) mass is 355 g/mol. The van der Waals surface area contributed by atoms with Crippen LogP contribution < -0.4 is 10.6 Å². The molecule has 2 rings (SSSR count). The lowest BCUT2D eigenvalue weighted by atomic mass is 10.2. The van der Waals surface area contributed by atoms with E-state index in [2.05, 4.69) is 43.5 Å². The first-order chi connectivity index (χ1) is 10.7. The lowest BCUT2D eigenvalue weighted by Crippen LogP contribution is -2.22. The summed E-state index contributed by atoms with van der Waals surface area (Å²) < 4.78 is 0. The minimum Gasteiger partial charge on any atom is -0.399 e. The third kappa shape index (κ3) is 9.23. The van der Waals surface area contributed by atoms with Crippen LogP contribution in [-0.4, -0.2) is 52.1 Å². The first-order valence-electron chi connectivity index (χ1n) is 8.57. The van der Waals surface area contributed by atoms with E-state index >= 15 is 0 Å². The van der Waals surface area contributed by atoms with Gasteiger partial charge in [0.2, 0.25) is 0 Å². The fraction of sp³-hybridized carbons (Fsp3) is 0.667. The van der Waals surface area contributed by atoms with Crippen LogP contribution in [0, 0.1) is 0 Å². The van der Waals surface area contributed by atoms with E-state index in [1.807, 2.05) is 24.3 Å². The van der Waals surface area contributed by atoms with Crippen LogP contribution in [-0.2, 0) is 0 Å². The number of nitrogen functional groups attached to an aromatic ring is 1. The summed E-state index contributed by atoms with van der Waals surface area (Å²) in [6.45, 7) is 10.6. The average Bonchev–Trinajstić information content (AvgIpc) is 2.85. The highest BCUT2D eigenvalue weighted by Crippen LogP contribution is 2.23. The van der Waals surface area contributed by atoms with E-state index in [1.54, 1.807) is 0 Å². The molecule has 0 amide bonds. The van der Waals surface area contributed by atoms with Crippen LogP contribution in [0.25, 0.3) is 0 Å². The van der Waals surface area contributed by atoms with Crippen LogP contribution >= 0.6 is 11.6 Å². The van der Waals surface area contributed by atoms with Crippen molar-refractivity contribution in [1.29, 1.82) is 0 Å². The van der Waals surface area contributed by atoms with Crippen molar-refractivity contribution in [1.82, 2.24) is 4.90 Å². The fourth-order valence-electron chi connectivity index (χ4n) is 2.56. The van der Waals surface area contributed by atoms with E-state index in [0.29, 0.717) is 5.38 Å². The predicted octanol–water partition coefficient (Wildman–Crippen LogP) is 4.36. The minimum atomic E-state index is -0.751. The molecule has 0 spiro atoms. The van der Waals surface area contributed by atoms with Crippen LogP contribution in [0.4, 0.5) is 11.4 Å². The molecular weight excluding hydrogens is 322 g/mol. The number of rotatable bonds is 5. The third-order valence-electron chi connectivity index (χ3n) is 3.92. The Balaban J connectivity index is 0.000000241. The van der Waals surface area contributed by atoms with Crippen LogP contribution in [0.3, 0.4) is 0 Å². The van der Waals surface area contributed by atoms with Gasteiger partial charge in [-0.25, -0.2) is 0 Å². The minimum absolute atomic E-state index is 0.303. The topological polar surface area (TPSA) is 32.5 Å². The SMILES string of the molecule is CN(C)CCC[Si](C)(C)C.Nc1ccc(N2CCC(Cl)C2)cc1. The molecule has 0 saturated carbocycles. The van der Waals surface area contributed by atoms with E-state index in [-0.39, 0.29) is 0 Å². The number of alkyl halides is 1. The zero-order valence-corrected chi connectivity index (χ0v) is 17.2. The Hall–Kier alpha value is -0.713. The molecule has 0 aliphatic carbocycles. The first-order valence-corrected chi connectivity index (χ1v) is 12.7. The second-order valence-corrected chi connectivity index (χ2v) is 14.1. The van der Waals surface area contributed by atoms with Gasteiger partial charge in [-0.05, 0) is 57.7 Å². The lowest BCUT2D eigenvalue weighted by Gasteiger charge is -2.17. The van der Waals surface area contributed by atoms with Gasteiger partial charge in [0.15, 0.2) is 0 Å². The number of nitrogens with zero attached hydrogens (tertiary/aromatic N) is 2. The van der Waals surface area contributed by atoms with Crippen LogP contribution in [0.15, 0.2) is 24.3 Å². The van der Waals surface area contributed by atoms with Gasteiger partial charge >= 0.3 is 0 Å². The molecule has 1 aromatic rings. The molecule has 1 fully saturated rings. The maximum Gasteiger partial charge on any atom is 0.0528 e.